The fourth-order valence-electron chi connectivity index (χ4n) is 4.99. The van der Waals surface area contributed by atoms with Gasteiger partial charge in [0.1, 0.15) is 0 Å². The van der Waals surface area contributed by atoms with Crippen LogP contribution in [0, 0.1) is 11.8 Å². The maximum absolute atomic E-state index is 10.4. The van der Waals surface area contributed by atoms with E-state index in [9.17, 15) is 10.2 Å². The maximum Gasteiger partial charge on any atom is 0.0686 e. The second-order valence-electron chi connectivity index (χ2n) is 10.5. The first kappa shape index (κ1) is 29.5. The van der Waals surface area contributed by atoms with Gasteiger partial charge in [0.2, 0.25) is 0 Å². The van der Waals surface area contributed by atoms with E-state index in [0.717, 1.165) is 18.2 Å². The molecule has 2 nitrogen and oxygen atoms in total. The normalized spacial score (nSPS) is 22.2. The molecule has 0 bridgehead atoms. The lowest BCUT2D eigenvalue weighted by molar-refractivity contribution is -0.0294. The van der Waals surface area contributed by atoms with Crippen molar-refractivity contribution in [3.63, 3.8) is 0 Å². The minimum Gasteiger partial charge on any atom is -0.390 e. The van der Waals surface area contributed by atoms with Crippen molar-refractivity contribution in [2.45, 2.75) is 51.7 Å². The molecule has 1 aliphatic rings. The Labute approximate surface area is 233 Å². The molecule has 196 valence electrons. The number of benzene rings is 3. The lowest BCUT2D eigenvalue weighted by atomic mass is 9.78. The fraction of sp³-hybridized carbons (Fsp3) is 0.333. The van der Waals surface area contributed by atoms with E-state index >= 15 is 0 Å². The maximum atomic E-state index is 10.4. The lowest BCUT2D eigenvalue weighted by Gasteiger charge is -2.33. The average molecular weight is 580 g/mol. The summed E-state index contributed by atoms with van der Waals surface area (Å²) >= 11 is 3.37. The van der Waals surface area contributed by atoms with Crippen LogP contribution in [0.15, 0.2) is 115 Å². The van der Waals surface area contributed by atoms with Crippen LogP contribution in [0.3, 0.4) is 0 Å². The minimum absolute atomic E-state index is 0.0103. The molecule has 0 amide bonds. The Bertz CT molecular complexity index is 1040. The van der Waals surface area contributed by atoms with Gasteiger partial charge in [-0.05, 0) is 70.3 Å². The summed E-state index contributed by atoms with van der Waals surface area (Å²) in [5, 5.41) is 25.7. The van der Waals surface area contributed by atoms with Gasteiger partial charge in [-0.2, -0.15) is 0 Å². The monoisotopic (exact) mass is 578 g/mol. The molecule has 1 saturated carbocycles. The van der Waals surface area contributed by atoms with E-state index in [1.807, 2.05) is 33.8 Å². The molecule has 1 fully saturated rings. The Morgan fingerprint density at radius 3 is 1.73 bits per heavy atom. The highest BCUT2D eigenvalue weighted by Crippen LogP contribution is 2.46. The van der Waals surface area contributed by atoms with Crippen molar-refractivity contribution >= 4 is 39.8 Å². The third-order valence-corrected chi connectivity index (χ3v) is 9.80. The van der Waals surface area contributed by atoms with Crippen LogP contribution in [0.4, 0.5) is 0 Å². The molecular weight excluding hydrogens is 539 g/mol. The number of rotatable bonds is 7. The molecule has 4 heteroatoms. The van der Waals surface area contributed by atoms with Crippen LogP contribution in [0.2, 0.25) is 0 Å². The molecule has 4 rings (SSSR count). The van der Waals surface area contributed by atoms with Crippen LogP contribution in [0.25, 0.3) is 0 Å². The van der Waals surface area contributed by atoms with Gasteiger partial charge in [-0.1, -0.05) is 131 Å². The molecule has 0 heterocycles. The van der Waals surface area contributed by atoms with Gasteiger partial charge in [0.05, 0.1) is 11.2 Å². The molecule has 3 aromatic rings. The summed E-state index contributed by atoms with van der Waals surface area (Å²) in [5.41, 5.74) is -0.289. The molecule has 3 aromatic carbocycles. The van der Waals surface area contributed by atoms with E-state index in [-0.39, 0.29) is 11.8 Å². The van der Waals surface area contributed by atoms with Crippen LogP contribution in [-0.2, 0) is 0 Å². The van der Waals surface area contributed by atoms with E-state index in [1.165, 1.54) is 21.5 Å². The van der Waals surface area contributed by atoms with Crippen LogP contribution < -0.4 is 15.9 Å². The zero-order valence-electron chi connectivity index (χ0n) is 22.4. The fourth-order valence-corrected chi connectivity index (χ4v) is 7.80. The molecule has 3 unspecified atom stereocenters. The largest absolute Gasteiger partial charge is 0.390 e. The number of hydrogen-bond acceptors (Lipinski definition) is 2. The molecule has 0 aliphatic heterocycles. The first-order valence-electron chi connectivity index (χ1n) is 12.9. The molecule has 0 radical (unpaired) electrons. The molecule has 37 heavy (non-hydrogen) atoms. The Morgan fingerprint density at radius 1 is 0.919 bits per heavy atom. The summed E-state index contributed by atoms with van der Waals surface area (Å²) in [6.45, 7) is 7.58. The predicted molar refractivity (Wildman–Crippen MR) is 165 cm³/mol. The highest BCUT2D eigenvalue weighted by atomic mass is 79.9. The van der Waals surface area contributed by atoms with E-state index in [1.54, 1.807) is 0 Å². The number of hydrogen-bond donors (Lipinski definition) is 2. The number of halogens is 1. The van der Waals surface area contributed by atoms with Crippen molar-refractivity contribution in [1.29, 1.82) is 0 Å². The van der Waals surface area contributed by atoms with Crippen molar-refractivity contribution in [2.75, 3.05) is 5.33 Å². The quantitative estimate of drug-likeness (QED) is 0.182. The van der Waals surface area contributed by atoms with Crippen molar-refractivity contribution in [2.24, 2.45) is 11.8 Å². The van der Waals surface area contributed by atoms with E-state index in [0.29, 0.717) is 0 Å². The third kappa shape index (κ3) is 8.48. The molecule has 2 N–H and O–H groups in total. The summed E-state index contributed by atoms with van der Waals surface area (Å²) in [7, 11) is -0.446. The van der Waals surface area contributed by atoms with Gasteiger partial charge in [0.15, 0.2) is 0 Å². The van der Waals surface area contributed by atoms with Crippen molar-refractivity contribution in [1.82, 2.24) is 0 Å². The van der Waals surface area contributed by atoms with Gasteiger partial charge in [0, 0.05) is 11.2 Å². The highest BCUT2D eigenvalue weighted by molar-refractivity contribution is 9.09. The Morgan fingerprint density at radius 2 is 1.35 bits per heavy atom. The van der Waals surface area contributed by atoms with Gasteiger partial charge >= 0.3 is 0 Å². The van der Waals surface area contributed by atoms with Crippen LogP contribution in [0.5, 0.6) is 0 Å². The predicted octanol–water partition coefficient (Wildman–Crippen LogP) is 6.88. The van der Waals surface area contributed by atoms with E-state index in [4.69, 9.17) is 0 Å². The molecule has 3 atom stereocenters. The zero-order valence-corrected chi connectivity index (χ0v) is 24.9. The van der Waals surface area contributed by atoms with E-state index in [2.05, 4.69) is 119 Å². The molecular formula is C33H40BrO2P. The van der Waals surface area contributed by atoms with Crippen LogP contribution in [0.1, 0.15) is 40.5 Å². The Balaban J connectivity index is 0.000000206. The Kier molecular flexibility index (Phi) is 10.9. The van der Waals surface area contributed by atoms with Crippen LogP contribution >= 0.6 is 23.9 Å². The smallest absolute Gasteiger partial charge is 0.0686 e. The third-order valence-electron chi connectivity index (χ3n) is 7.03. The molecule has 0 spiro atoms. The highest BCUT2D eigenvalue weighted by Gasteiger charge is 2.47. The van der Waals surface area contributed by atoms with E-state index < -0.39 is 19.1 Å². The number of alkyl halides is 1. The lowest BCUT2D eigenvalue weighted by Crippen LogP contribution is -2.39. The minimum atomic E-state index is -0.747. The SMILES string of the molecule is CC(/C=C/C1C(C(C)(C)O)CCC1(C)O)=C\CBr.c1ccc(P(c2ccccc2)c2ccccc2)cc1. The molecule has 0 saturated heterocycles. The standard InChI is InChI=1S/C18H15P.C15H25BrO2/c1-4-10-16(11-5-1)19(17-12-6-2-7-13-17)18-14-8-3-9-15-18;1-11(8-10-16)5-6-13-12(14(2,3)17)7-9-15(13,4)18/h1-15H;5-6,8,12-13,17-18H,7,9-10H2,1-4H3/b;6-5+,11-8+. The summed E-state index contributed by atoms with van der Waals surface area (Å²) in [5.74, 6) is 0.122. The van der Waals surface area contributed by atoms with Gasteiger partial charge in [0.25, 0.3) is 0 Å². The van der Waals surface area contributed by atoms with Gasteiger partial charge in [-0.15, -0.1) is 0 Å². The first-order valence-corrected chi connectivity index (χ1v) is 15.4. The van der Waals surface area contributed by atoms with Crippen molar-refractivity contribution < 1.29 is 10.2 Å². The summed E-state index contributed by atoms with van der Waals surface area (Å²) in [6, 6.07) is 32.3. The Hall–Kier alpha value is -2.03. The van der Waals surface area contributed by atoms with Gasteiger partial charge in [-0.3, -0.25) is 0 Å². The second-order valence-corrected chi connectivity index (χ2v) is 13.4. The number of allylic oxidation sites excluding steroid dienone is 3. The molecule has 0 aromatic heterocycles. The summed E-state index contributed by atoms with van der Waals surface area (Å²) in [4.78, 5) is 0. The van der Waals surface area contributed by atoms with Crippen molar-refractivity contribution in [3.05, 3.63) is 115 Å². The topological polar surface area (TPSA) is 40.5 Å². The van der Waals surface area contributed by atoms with Gasteiger partial charge < -0.3 is 10.2 Å². The molecule has 1 aliphatic carbocycles. The summed E-state index contributed by atoms with van der Waals surface area (Å²) in [6.07, 6.45) is 7.80. The van der Waals surface area contributed by atoms with Crippen molar-refractivity contribution in [3.8, 4) is 0 Å². The first-order chi connectivity index (χ1) is 17.6. The van der Waals surface area contributed by atoms with Crippen LogP contribution in [-0.4, -0.2) is 26.7 Å². The number of aliphatic hydroxyl groups is 2. The zero-order chi connectivity index (χ0) is 26.9. The summed E-state index contributed by atoms with van der Waals surface area (Å²) < 4.78 is 0. The average Bonchev–Trinajstić information content (AvgIpc) is 3.20. The second kappa shape index (κ2) is 13.7. The van der Waals surface area contributed by atoms with Gasteiger partial charge in [-0.25, -0.2) is 0 Å².